The monoisotopic (exact) mass is 309 g/mol. The van der Waals surface area contributed by atoms with Crippen LogP contribution in [0.1, 0.15) is 49.2 Å². The number of fused-ring (bicyclic) bond motifs is 1. The molecular formula is C16H27N3OS. The van der Waals surface area contributed by atoms with E-state index in [-0.39, 0.29) is 0 Å². The fraction of sp³-hybridized carbons (Fsp3) is 0.812. The molecule has 118 valence electrons. The van der Waals surface area contributed by atoms with Crippen molar-refractivity contribution in [1.29, 1.82) is 0 Å². The van der Waals surface area contributed by atoms with Crippen LogP contribution in [0.25, 0.3) is 0 Å². The van der Waals surface area contributed by atoms with Crippen molar-refractivity contribution in [3.8, 4) is 0 Å². The molecule has 0 saturated heterocycles. The van der Waals surface area contributed by atoms with Gasteiger partial charge in [0.05, 0.1) is 18.3 Å². The van der Waals surface area contributed by atoms with E-state index < -0.39 is 0 Å². The number of nitrogens with one attached hydrogen (secondary N) is 1. The van der Waals surface area contributed by atoms with Gasteiger partial charge in [0, 0.05) is 24.6 Å². The van der Waals surface area contributed by atoms with Gasteiger partial charge in [0.2, 0.25) is 0 Å². The van der Waals surface area contributed by atoms with Gasteiger partial charge in [-0.25, -0.2) is 4.98 Å². The summed E-state index contributed by atoms with van der Waals surface area (Å²) in [5, 5.41) is 4.63. The summed E-state index contributed by atoms with van der Waals surface area (Å²) in [6.45, 7) is 4.07. The van der Waals surface area contributed by atoms with Gasteiger partial charge in [0.1, 0.15) is 0 Å². The van der Waals surface area contributed by atoms with E-state index in [1.165, 1.54) is 47.8 Å². The Morgan fingerprint density at radius 3 is 2.90 bits per heavy atom. The third-order valence-corrected chi connectivity index (χ3v) is 6.04. The van der Waals surface area contributed by atoms with Gasteiger partial charge in [-0.05, 0) is 52.0 Å². The van der Waals surface area contributed by atoms with Crippen LogP contribution in [-0.2, 0) is 11.2 Å². The first-order chi connectivity index (χ1) is 10.2. The standard InChI is InChI=1S/C16H27N3OS/c1-11(12-7-8-12)19(9-10-20-3)16-18-15-13(17-2)5-4-6-14(15)21-16/h11-13,17H,4-10H2,1-3H3. The van der Waals surface area contributed by atoms with E-state index in [1.54, 1.807) is 7.11 Å². The highest BCUT2D eigenvalue weighted by Gasteiger charge is 2.34. The van der Waals surface area contributed by atoms with E-state index in [4.69, 9.17) is 9.72 Å². The summed E-state index contributed by atoms with van der Waals surface area (Å²) >= 11 is 1.91. The number of methoxy groups -OCH3 is 1. The van der Waals surface area contributed by atoms with E-state index in [2.05, 4.69) is 17.1 Å². The highest BCUT2D eigenvalue weighted by molar-refractivity contribution is 7.15. The van der Waals surface area contributed by atoms with Gasteiger partial charge in [0.25, 0.3) is 0 Å². The van der Waals surface area contributed by atoms with Crippen molar-refractivity contribution in [2.24, 2.45) is 5.92 Å². The number of hydrogen-bond acceptors (Lipinski definition) is 5. The van der Waals surface area contributed by atoms with Crippen LogP contribution in [0.5, 0.6) is 0 Å². The zero-order chi connectivity index (χ0) is 14.8. The number of aromatic nitrogens is 1. The van der Waals surface area contributed by atoms with Gasteiger partial charge in [0.15, 0.2) is 5.13 Å². The predicted octanol–water partition coefficient (Wildman–Crippen LogP) is 2.99. The molecule has 2 unspecified atom stereocenters. The lowest BCUT2D eigenvalue weighted by Gasteiger charge is -2.28. The molecular weight excluding hydrogens is 282 g/mol. The fourth-order valence-corrected chi connectivity index (χ4v) is 4.58. The molecule has 0 aromatic carbocycles. The van der Waals surface area contributed by atoms with Crippen molar-refractivity contribution < 1.29 is 4.74 Å². The quantitative estimate of drug-likeness (QED) is 0.840. The smallest absolute Gasteiger partial charge is 0.186 e. The second-order valence-electron chi connectivity index (χ2n) is 6.30. The molecule has 0 aliphatic heterocycles. The molecule has 1 aromatic heterocycles. The predicted molar refractivity (Wildman–Crippen MR) is 88.3 cm³/mol. The van der Waals surface area contributed by atoms with Gasteiger partial charge in [-0.1, -0.05) is 0 Å². The number of hydrogen-bond donors (Lipinski definition) is 1. The summed E-state index contributed by atoms with van der Waals surface area (Å²) in [5.41, 5.74) is 1.30. The SMILES string of the molecule is CNC1CCCc2sc(N(CCOC)C(C)C3CC3)nc21. The Hall–Kier alpha value is -0.650. The van der Waals surface area contributed by atoms with Gasteiger partial charge >= 0.3 is 0 Å². The first-order valence-corrected chi connectivity index (χ1v) is 8.98. The molecule has 5 heteroatoms. The number of rotatable bonds is 7. The van der Waals surface area contributed by atoms with Crippen molar-refractivity contribution in [2.75, 3.05) is 32.2 Å². The van der Waals surface area contributed by atoms with Crippen molar-refractivity contribution in [2.45, 2.75) is 51.1 Å². The molecule has 2 atom stereocenters. The van der Waals surface area contributed by atoms with Gasteiger partial charge in [-0.15, -0.1) is 11.3 Å². The molecule has 0 spiro atoms. The molecule has 0 radical (unpaired) electrons. The third-order valence-electron chi connectivity index (χ3n) is 4.87. The largest absolute Gasteiger partial charge is 0.383 e. The Bertz CT molecular complexity index is 472. The molecule has 1 aromatic rings. The van der Waals surface area contributed by atoms with E-state index in [1.807, 2.05) is 18.4 Å². The minimum absolute atomic E-state index is 0.444. The summed E-state index contributed by atoms with van der Waals surface area (Å²) in [4.78, 5) is 8.98. The molecule has 2 aliphatic carbocycles. The van der Waals surface area contributed by atoms with Gasteiger partial charge < -0.3 is 15.0 Å². The number of ether oxygens (including phenoxy) is 1. The lowest BCUT2D eigenvalue weighted by atomic mass is 9.98. The highest BCUT2D eigenvalue weighted by Crippen LogP contribution is 2.41. The number of aryl methyl sites for hydroxylation is 1. The third kappa shape index (κ3) is 3.25. The summed E-state index contributed by atoms with van der Waals surface area (Å²) < 4.78 is 5.31. The summed E-state index contributed by atoms with van der Waals surface area (Å²) in [5.74, 6) is 0.850. The number of nitrogens with zero attached hydrogens (tertiary/aromatic N) is 2. The van der Waals surface area contributed by atoms with Crippen LogP contribution in [0, 0.1) is 5.92 Å². The van der Waals surface area contributed by atoms with Crippen molar-refractivity contribution >= 4 is 16.5 Å². The zero-order valence-electron chi connectivity index (χ0n) is 13.4. The number of thiazole rings is 1. The normalized spacial score (nSPS) is 22.9. The van der Waals surface area contributed by atoms with Gasteiger partial charge in [-0.2, -0.15) is 0 Å². The first kappa shape index (κ1) is 15.3. The zero-order valence-corrected chi connectivity index (χ0v) is 14.2. The molecule has 21 heavy (non-hydrogen) atoms. The van der Waals surface area contributed by atoms with E-state index in [0.29, 0.717) is 12.1 Å². The van der Waals surface area contributed by atoms with Crippen LogP contribution >= 0.6 is 11.3 Å². The van der Waals surface area contributed by atoms with Gasteiger partial charge in [-0.3, -0.25) is 0 Å². The molecule has 2 aliphatic rings. The molecule has 1 heterocycles. The number of anilines is 1. The molecule has 4 nitrogen and oxygen atoms in total. The maximum Gasteiger partial charge on any atom is 0.186 e. The molecule has 0 amide bonds. The average Bonchev–Trinajstić information content (AvgIpc) is 3.26. The van der Waals surface area contributed by atoms with E-state index >= 15 is 0 Å². The van der Waals surface area contributed by atoms with Crippen LogP contribution in [0.3, 0.4) is 0 Å². The molecule has 1 N–H and O–H groups in total. The van der Waals surface area contributed by atoms with Crippen molar-refractivity contribution in [1.82, 2.24) is 10.3 Å². The summed E-state index contributed by atoms with van der Waals surface area (Å²) in [6.07, 6.45) is 6.42. The lowest BCUT2D eigenvalue weighted by Crippen LogP contribution is -2.37. The molecule has 1 saturated carbocycles. The summed E-state index contributed by atoms with van der Waals surface area (Å²) in [6, 6.07) is 1.03. The minimum Gasteiger partial charge on any atom is -0.383 e. The fourth-order valence-electron chi connectivity index (χ4n) is 3.31. The van der Waals surface area contributed by atoms with Crippen molar-refractivity contribution in [3.63, 3.8) is 0 Å². The Balaban J connectivity index is 1.83. The maximum absolute atomic E-state index is 5.31. The van der Waals surface area contributed by atoms with E-state index in [0.717, 1.165) is 19.1 Å². The van der Waals surface area contributed by atoms with Crippen LogP contribution in [0.2, 0.25) is 0 Å². The Morgan fingerprint density at radius 1 is 1.43 bits per heavy atom. The molecule has 3 rings (SSSR count). The average molecular weight is 309 g/mol. The van der Waals surface area contributed by atoms with Crippen LogP contribution in [0.15, 0.2) is 0 Å². The molecule has 1 fully saturated rings. The topological polar surface area (TPSA) is 37.4 Å². The van der Waals surface area contributed by atoms with Crippen LogP contribution < -0.4 is 10.2 Å². The Morgan fingerprint density at radius 2 is 2.24 bits per heavy atom. The second-order valence-corrected chi connectivity index (χ2v) is 7.36. The molecule has 0 bridgehead atoms. The maximum atomic E-state index is 5.31. The Labute approximate surface area is 131 Å². The van der Waals surface area contributed by atoms with Crippen LogP contribution in [-0.4, -0.2) is 38.3 Å². The second kappa shape index (κ2) is 6.63. The minimum atomic E-state index is 0.444. The Kier molecular flexibility index (Phi) is 4.82. The lowest BCUT2D eigenvalue weighted by molar-refractivity contribution is 0.202. The van der Waals surface area contributed by atoms with Crippen LogP contribution in [0.4, 0.5) is 5.13 Å². The van der Waals surface area contributed by atoms with E-state index in [9.17, 15) is 0 Å². The summed E-state index contributed by atoms with van der Waals surface area (Å²) in [7, 11) is 3.83. The van der Waals surface area contributed by atoms with Crippen molar-refractivity contribution in [3.05, 3.63) is 10.6 Å². The highest BCUT2D eigenvalue weighted by atomic mass is 32.1. The first-order valence-electron chi connectivity index (χ1n) is 8.17.